The Balaban J connectivity index is 2.83. The monoisotopic (exact) mass is 308 g/mol. The second-order valence-electron chi connectivity index (χ2n) is 4.91. The summed E-state index contributed by atoms with van der Waals surface area (Å²) in [5.41, 5.74) is -0.772. The van der Waals surface area contributed by atoms with E-state index in [4.69, 9.17) is 11.6 Å². The predicted molar refractivity (Wildman–Crippen MR) is 75.0 cm³/mol. The Morgan fingerprint density at radius 1 is 1.47 bits per heavy atom. The molecule has 0 aromatic carbocycles. The van der Waals surface area contributed by atoms with Crippen LogP contribution < -0.4 is 15.6 Å². The van der Waals surface area contributed by atoms with Gasteiger partial charge in [0.15, 0.2) is 0 Å². The average molecular weight is 309 g/mol. The van der Waals surface area contributed by atoms with E-state index < -0.39 is 21.1 Å². The summed E-state index contributed by atoms with van der Waals surface area (Å²) in [6, 6.07) is 0. The van der Waals surface area contributed by atoms with Gasteiger partial charge in [0.05, 0.1) is 18.1 Å². The van der Waals surface area contributed by atoms with E-state index >= 15 is 0 Å². The van der Waals surface area contributed by atoms with Gasteiger partial charge >= 0.3 is 0 Å². The van der Waals surface area contributed by atoms with Gasteiger partial charge in [0.2, 0.25) is 10.0 Å². The quantitative estimate of drug-likeness (QED) is 0.809. The van der Waals surface area contributed by atoms with Crippen LogP contribution in [0.4, 0.5) is 5.69 Å². The Bertz CT molecular complexity index is 624. The fourth-order valence-corrected chi connectivity index (χ4v) is 2.80. The van der Waals surface area contributed by atoms with Gasteiger partial charge in [-0.2, -0.15) is 5.10 Å². The van der Waals surface area contributed by atoms with Crippen molar-refractivity contribution >= 4 is 27.3 Å². The molecule has 1 aromatic rings. The molecule has 0 unspecified atom stereocenters. The lowest BCUT2D eigenvalue weighted by Crippen LogP contribution is -2.47. The number of anilines is 1. The van der Waals surface area contributed by atoms with E-state index in [1.165, 1.54) is 13.2 Å². The number of aryl methyl sites for hydroxylation is 1. The van der Waals surface area contributed by atoms with Crippen LogP contribution in [0.2, 0.25) is 5.02 Å². The van der Waals surface area contributed by atoms with Crippen molar-refractivity contribution in [1.82, 2.24) is 14.5 Å². The molecule has 0 aliphatic rings. The van der Waals surface area contributed by atoms with E-state index in [2.05, 4.69) is 15.1 Å². The molecule has 0 spiro atoms. The zero-order valence-electron chi connectivity index (χ0n) is 11.2. The second kappa shape index (κ2) is 5.48. The van der Waals surface area contributed by atoms with Crippen LogP contribution in [-0.2, 0) is 17.1 Å². The highest BCUT2D eigenvalue weighted by atomic mass is 35.5. The molecule has 0 bridgehead atoms. The molecule has 7 nitrogen and oxygen atoms in total. The second-order valence-corrected chi connectivity index (χ2v) is 7.04. The molecule has 0 radical (unpaired) electrons. The van der Waals surface area contributed by atoms with Crippen LogP contribution >= 0.6 is 11.6 Å². The number of nitrogens with one attached hydrogen (secondary N) is 2. The van der Waals surface area contributed by atoms with Gasteiger partial charge in [0, 0.05) is 19.1 Å². The third-order valence-electron chi connectivity index (χ3n) is 2.26. The van der Waals surface area contributed by atoms with Gasteiger partial charge in [-0.25, -0.2) is 17.8 Å². The van der Waals surface area contributed by atoms with Crippen molar-refractivity contribution in [1.29, 1.82) is 0 Å². The molecule has 0 atom stereocenters. The van der Waals surface area contributed by atoms with Crippen LogP contribution in [0, 0.1) is 0 Å². The molecule has 0 saturated heterocycles. The SMILES string of the molecule is Cn1ncc(NCC(C)(C)NS(C)(=O)=O)c(Cl)c1=O. The average Bonchev–Trinajstić information content (AvgIpc) is 2.21. The fourth-order valence-electron chi connectivity index (χ4n) is 1.49. The largest absolute Gasteiger partial charge is 0.381 e. The molecule has 0 fully saturated rings. The van der Waals surface area contributed by atoms with E-state index in [1.807, 2.05) is 0 Å². The fraction of sp³-hybridized carbons (Fsp3) is 0.600. The third-order valence-corrected chi connectivity index (χ3v) is 3.55. The highest BCUT2D eigenvalue weighted by Crippen LogP contribution is 2.16. The summed E-state index contributed by atoms with van der Waals surface area (Å²) < 4.78 is 26.0. The molecule has 0 aliphatic heterocycles. The van der Waals surface area contributed by atoms with Crippen LogP contribution in [0.3, 0.4) is 0 Å². The van der Waals surface area contributed by atoms with Crippen LogP contribution in [0.25, 0.3) is 0 Å². The van der Waals surface area contributed by atoms with Crippen molar-refractivity contribution in [3.8, 4) is 0 Å². The maximum absolute atomic E-state index is 11.6. The number of nitrogens with zero attached hydrogens (tertiary/aromatic N) is 2. The first-order valence-electron chi connectivity index (χ1n) is 5.46. The van der Waals surface area contributed by atoms with Crippen molar-refractivity contribution in [3.63, 3.8) is 0 Å². The number of aromatic nitrogens is 2. The molecule has 1 rings (SSSR count). The van der Waals surface area contributed by atoms with Crippen LogP contribution in [0.5, 0.6) is 0 Å². The van der Waals surface area contributed by atoms with Gasteiger partial charge in [-0.1, -0.05) is 11.6 Å². The van der Waals surface area contributed by atoms with Gasteiger partial charge in [0.1, 0.15) is 5.02 Å². The van der Waals surface area contributed by atoms with Gasteiger partial charge in [-0.05, 0) is 13.8 Å². The van der Waals surface area contributed by atoms with Gasteiger partial charge in [-0.3, -0.25) is 4.79 Å². The Morgan fingerprint density at radius 2 is 2.05 bits per heavy atom. The summed E-state index contributed by atoms with van der Waals surface area (Å²) in [5, 5.41) is 6.76. The maximum Gasteiger partial charge on any atom is 0.287 e. The first-order valence-corrected chi connectivity index (χ1v) is 7.73. The lowest BCUT2D eigenvalue weighted by atomic mass is 10.1. The Morgan fingerprint density at radius 3 is 2.58 bits per heavy atom. The van der Waals surface area contributed by atoms with Crippen molar-refractivity contribution in [3.05, 3.63) is 21.6 Å². The highest BCUT2D eigenvalue weighted by molar-refractivity contribution is 7.88. The molecule has 9 heteroatoms. The molecule has 19 heavy (non-hydrogen) atoms. The maximum atomic E-state index is 11.6. The molecular weight excluding hydrogens is 292 g/mol. The first kappa shape index (κ1) is 15.9. The van der Waals surface area contributed by atoms with E-state index in [1.54, 1.807) is 13.8 Å². The first-order chi connectivity index (χ1) is 8.52. The van der Waals surface area contributed by atoms with Crippen LogP contribution in [0.1, 0.15) is 13.8 Å². The number of sulfonamides is 1. The number of hydrogen-bond acceptors (Lipinski definition) is 5. The van der Waals surface area contributed by atoms with Crippen molar-refractivity contribution in [2.24, 2.45) is 7.05 Å². The molecule has 108 valence electrons. The van der Waals surface area contributed by atoms with Gasteiger partial charge < -0.3 is 5.32 Å². The molecule has 0 saturated carbocycles. The molecular formula is C10H17ClN4O3S. The van der Waals surface area contributed by atoms with Crippen molar-refractivity contribution in [2.75, 3.05) is 18.1 Å². The van der Waals surface area contributed by atoms with Gasteiger partial charge in [0.25, 0.3) is 5.56 Å². The smallest absolute Gasteiger partial charge is 0.287 e. The molecule has 0 aliphatic carbocycles. The lowest BCUT2D eigenvalue weighted by Gasteiger charge is -2.25. The van der Waals surface area contributed by atoms with Crippen LogP contribution in [0.15, 0.2) is 11.0 Å². The zero-order valence-corrected chi connectivity index (χ0v) is 12.8. The molecule has 1 aromatic heterocycles. The summed E-state index contributed by atoms with van der Waals surface area (Å²) >= 11 is 5.89. The van der Waals surface area contributed by atoms with Crippen molar-refractivity contribution in [2.45, 2.75) is 19.4 Å². The normalized spacial score (nSPS) is 12.5. The summed E-state index contributed by atoms with van der Waals surface area (Å²) in [7, 11) is -1.82. The minimum atomic E-state index is -3.32. The Hall–Kier alpha value is -1.12. The highest BCUT2D eigenvalue weighted by Gasteiger charge is 2.22. The summed E-state index contributed by atoms with van der Waals surface area (Å²) in [6.45, 7) is 3.68. The number of hydrogen-bond donors (Lipinski definition) is 2. The minimum Gasteiger partial charge on any atom is -0.381 e. The number of halogens is 1. The Labute approximate surface area is 117 Å². The molecule has 1 heterocycles. The standard InChI is InChI=1S/C10H17ClN4O3S/c1-10(2,14-19(4,17)18)6-12-7-5-13-15(3)9(16)8(7)11/h5,12,14H,6H2,1-4H3. The van der Waals surface area contributed by atoms with E-state index in [9.17, 15) is 13.2 Å². The predicted octanol–water partition coefficient (Wildman–Crippen LogP) is 0.173. The third kappa shape index (κ3) is 4.81. The van der Waals surface area contributed by atoms with E-state index in [0.29, 0.717) is 5.69 Å². The van der Waals surface area contributed by atoms with E-state index in [-0.39, 0.29) is 11.6 Å². The molecule has 0 amide bonds. The Kier molecular flexibility index (Phi) is 4.59. The van der Waals surface area contributed by atoms with Crippen LogP contribution in [-0.4, -0.2) is 36.5 Å². The number of rotatable bonds is 5. The summed E-state index contributed by atoms with van der Waals surface area (Å²) in [5.74, 6) is 0. The molecule has 2 N–H and O–H groups in total. The summed E-state index contributed by atoms with van der Waals surface area (Å²) in [6.07, 6.45) is 2.50. The van der Waals surface area contributed by atoms with E-state index in [0.717, 1.165) is 10.9 Å². The summed E-state index contributed by atoms with van der Waals surface area (Å²) in [4.78, 5) is 11.6. The lowest BCUT2D eigenvalue weighted by molar-refractivity contribution is 0.476. The minimum absolute atomic E-state index is 0.0210. The zero-order chi connectivity index (χ0) is 14.8. The van der Waals surface area contributed by atoms with Gasteiger partial charge in [-0.15, -0.1) is 0 Å². The topological polar surface area (TPSA) is 93.1 Å². The van der Waals surface area contributed by atoms with Crippen molar-refractivity contribution < 1.29 is 8.42 Å².